The molecule has 0 spiro atoms. The van der Waals surface area contributed by atoms with Gasteiger partial charge in [-0.3, -0.25) is 0 Å². The van der Waals surface area contributed by atoms with Crippen LogP contribution < -0.4 is 5.32 Å². The van der Waals surface area contributed by atoms with Crippen LogP contribution in [0.4, 0.5) is 0 Å². The fourth-order valence-corrected chi connectivity index (χ4v) is 4.83. The third kappa shape index (κ3) is 1.71. The Morgan fingerprint density at radius 2 is 2.25 bits per heavy atom. The molecule has 1 aromatic heterocycles. The molecule has 0 aliphatic heterocycles. The number of fused-ring (bicyclic) bond motifs is 1. The van der Waals surface area contributed by atoms with Crippen molar-refractivity contribution in [1.82, 2.24) is 5.32 Å². The van der Waals surface area contributed by atoms with E-state index in [4.69, 9.17) is 11.6 Å². The van der Waals surface area contributed by atoms with Gasteiger partial charge in [0.2, 0.25) is 0 Å². The summed E-state index contributed by atoms with van der Waals surface area (Å²) in [4.78, 5) is 1.36. The average molecular weight is 256 g/mol. The Balaban J connectivity index is 1.80. The Morgan fingerprint density at radius 3 is 2.81 bits per heavy atom. The quantitative estimate of drug-likeness (QED) is 0.854. The summed E-state index contributed by atoms with van der Waals surface area (Å²) in [6.07, 6.45) is 4.34. The van der Waals surface area contributed by atoms with Gasteiger partial charge in [0, 0.05) is 10.9 Å². The molecule has 3 atom stereocenters. The van der Waals surface area contributed by atoms with Gasteiger partial charge in [-0.15, -0.1) is 11.3 Å². The van der Waals surface area contributed by atoms with Crippen molar-refractivity contribution in [3.8, 4) is 0 Å². The first-order valence-corrected chi connectivity index (χ1v) is 7.55. The highest BCUT2D eigenvalue weighted by molar-refractivity contribution is 7.10. The molecule has 1 aromatic rings. The van der Waals surface area contributed by atoms with Crippen molar-refractivity contribution in [2.75, 3.05) is 6.54 Å². The van der Waals surface area contributed by atoms with Gasteiger partial charge in [0.15, 0.2) is 0 Å². The summed E-state index contributed by atoms with van der Waals surface area (Å²) in [5, 5.41) is 6.71. The molecule has 1 heterocycles. The van der Waals surface area contributed by atoms with Gasteiger partial charge in [-0.25, -0.2) is 0 Å². The molecular weight excluding hydrogens is 238 g/mol. The van der Waals surface area contributed by atoms with Crippen molar-refractivity contribution >= 4 is 22.9 Å². The zero-order valence-corrected chi connectivity index (χ0v) is 11.2. The molecule has 0 radical (unpaired) electrons. The van der Waals surface area contributed by atoms with Gasteiger partial charge in [-0.2, -0.15) is 0 Å². The van der Waals surface area contributed by atoms with Crippen molar-refractivity contribution in [3.63, 3.8) is 0 Å². The summed E-state index contributed by atoms with van der Waals surface area (Å²) in [5.74, 6) is 2.84. The number of hydrogen-bond acceptors (Lipinski definition) is 2. The molecule has 88 valence electrons. The van der Waals surface area contributed by atoms with E-state index in [2.05, 4.69) is 17.6 Å². The lowest BCUT2D eigenvalue weighted by Crippen LogP contribution is -2.23. The van der Waals surface area contributed by atoms with E-state index in [1.807, 2.05) is 17.4 Å². The van der Waals surface area contributed by atoms with Gasteiger partial charge < -0.3 is 5.32 Å². The van der Waals surface area contributed by atoms with Crippen LogP contribution in [0.3, 0.4) is 0 Å². The summed E-state index contributed by atoms with van der Waals surface area (Å²) < 4.78 is 0. The van der Waals surface area contributed by atoms with Crippen LogP contribution in [0.1, 0.15) is 37.1 Å². The van der Waals surface area contributed by atoms with Crippen molar-refractivity contribution in [2.45, 2.75) is 32.2 Å². The zero-order chi connectivity index (χ0) is 11.1. The van der Waals surface area contributed by atoms with Gasteiger partial charge in [-0.1, -0.05) is 24.9 Å². The van der Waals surface area contributed by atoms with Crippen molar-refractivity contribution in [3.05, 3.63) is 21.3 Å². The molecule has 3 heteroatoms. The van der Waals surface area contributed by atoms with Crippen LogP contribution in [0.2, 0.25) is 5.02 Å². The molecule has 2 fully saturated rings. The maximum atomic E-state index is 6.27. The van der Waals surface area contributed by atoms with Crippen LogP contribution in [-0.4, -0.2) is 6.54 Å². The van der Waals surface area contributed by atoms with Crippen LogP contribution in [0, 0.1) is 17.8 Å². The summed E-state index contributed by atoms with van der Waals surface area (Å²) in [6.45, 7) is 3.22. The van der Waals surface area contributed by atoms with Crippen molar-refractivity contribution in [2.24, 2.45) is 17.8 Å². The maximum Gasteiger partial charge on any atom is 0.0561 e. The van der Waals surface area contributed by atoms with Crippen molar-refractivity contribution in [1.29, 1.82) is 0 Å². The van der Waals surface area contributed by atoms with Crippen LogP contribution in [0.5, 0.6) is 0 Å². The number of thiophene rings is 1. The molecule has 2 aliphatic carbocycles. The molecule has 2 saturated carbocycles. The van der Waals surface area contributed by atoms with E-state index < -0.39 is 0 Å². The molecular formula is C13H18ClNS. The van der Waals surface area contributed by atoms with Gasteiger partial charge >= 0.3 is 0 Å². The van der Waals surface area contributed by atoms with Crippen LogP contribution >= 0.6 is 22.9 Å². The van der Waals surface area contributed by atoms with E-state index in [1.165, 1.54) is 24.1 Å². The maximum absolute atomic E-state index is 6.27. The molecule has 0 amide bonds. The Morgan fingerprint density at radius 1 is 1.50 bits per heavy atom. The smallest absolute Gasteiger partial charge is 0.0561 e. The normalized spacial score (nSPS) is 33.8. The lowest BCUT2D eigenvalue weighted by Gasteiger charge is -2.19. The predicted octanol–water partition coefficient (Wildman–Crippen LogP) is 4.10. The van der Waals surface area contributed by atoms with E-state index in [-0.39, 0.29) is 0 Å². The molecule has 0 saturated heterocycles. The largest absolute Gasteiger partial charge is 0.309 e. The standard InChI is InChI=1S/C13H18ClNS/c1-2-15-12(13-10(14)6-7-16-13)11-8-4-3-5-9(8)11/h6-9,11-12,15H,2-5H2,1H3. The van der Waals surface area contributed by atoms with Crippen LogP contribution in [0.25, 0.3) is 0 Å². The second-order valence-corrected chi connectivity index (χ2v) is 6.36. The SMILES string of the molecule is CCNC(c1sccc1Cl)C1C2CCCC21. The lowest BCUT2D eigenvalue weighted by atomic mass is 10.0. The Labute approximate surface area is 106 Å². The number of halogens is 1. The molecule has 0 aromatic carbocycles. The van der Waals surface area contributed by atoms with E-state index in [0.29, 0.717) is 6.04 Å². The summed E-state index contributed by atoms with van der Waals surface area (Å²) in [5.41, 5.74) is 0. The molecule has 1 N–H and O–H groups in total. The zero-order valence-electron chi connectivity index (χ0n) is 9.58. The molecule has 3 unspecified atom stereocenters. The second-order valence-electron chi connectivity index (χ2n) is 5.00. The number of hydrogen-bond donors (Lipinski definition) is 1. The third-order valence-corrected chi connectivity index (χ3v) is 5.65. The van der Waals surface area contributed by atoms with Crippen LogP contribution in [-0.2, 0) is 0 Å². The Bertz CT molecular complexity index is 366. The van der Waals surface area contributed by atoms with Crippen LogP contribution in [0.15, 0.2) is 11.4 Å². The van der Waals surface area contributed by atoms with Gasteiger partial charge in [0.1, 0.15) is 0 Å². The highest BCUT2D eigenvalue weighted by Crippen LogP contribution is 2.62. The topological polar surface area (TPSA) is 12.0 Å². The first-order chi connectivity index (χ1) is 7.83. The lowest BCUT2D eigenvalue weighted by molar-refractivity contribution is 0.431. The van der Waals surface area contributed by atoms with Gasteiger partial charge in [-0.05, 0) is 48.6 Å². The first-order valence-electron chi connectivity index (χ1n) is 6.29. The fourth-order valence-electron chi connectivity index (χ4n) is 3.52. The molecule has 16 heavy (non-hydrogen) atoms. The molecule has 3 rings (SSSR count). The average Bonchev–Trinajstić information content (AvgIpc) is 2.69. The minimum Gasteiger partial charge on any atom is -0.309 e. The molecule has 1 nitrogen and oxygen atoms in total. The van der Waals surface area contributed by atoms with Gasteiger partial charge in [0.25, 0.3) is 0 Å². The highest BCUT2D eigenvalue weighted by atomic mass is 35.5. The monoisotopic (exact) mass is 255 g/mol. The second kappa shape index (κ2) is 4.32. The number of rotatable bonds is 4. The van der Waals surface area contributed by atoms with Crippen molar-refractivity contribution < 1.29 is 0 Å². The Kier molecular flexibility index (Phi) is 2.99. The van der Waals surface area contributed by atoms with E-state index in [9.17, 15) is 0 Å². The van der Waals surface area contributed by atoms with E-state index in [0.717, 1.165) is 29.3 Å². The minimum absolute atomic E-state index is 0.521. The third-order valence-electron chi connectivity index (χ3n) is 4.21. The minimum atomic E-state index is 0.521. The summed E-state index contributed by atoms with van der Waals surface area (Å²) >= 11 is 8.08. The fraction of sp³-hybridized carbons (Fsp3) is 0.692. The number of nitrogens with one attached hydrogen (secondary N) is 1. The molecule has 0 bridgehead atoms. The summed E-state index contributed by atoms with van der Waals surface area (Å²) in [6, 6.07) is 2.55. The van der Waals surface area contributed by atoms with E-state index in [1.54, 1.807) is 0 Å². The molecule has 2 aliphatic rings. The van der Waals surface area contributed by atoms with Gasteiger partial charge in [0.05, 0.1) is 5.02 Å². The highest BCUT2D eigenvalue weighted by Gasteiger charge is 2.56. The predicted molar refractivity (Wildman–Crippen MR) is 70.1 cm³/mol. The first kappa shape index (κ1) is 11.1. The Hall–Kier alpha value is -0.0500. The summed E-state index contributed by atoms with van der Waals surface area (Å²) in [7, 11) is 0. The van der Waals surface area contributed by atoms with E-state index >= 15 is 0 Å².